The van der Waals surface area contributed by atoms with Gasteiger partial charge < -0.3 is 9.67 Å². The van der Waals surface area contributed by atoms with Crippen LogP contribution in [0.25, 0.3) is 0 Å². The van der Waals surface area contributed by atoms with Crippen molar-refractivity contribution in [2.75, 3.05) is 12.8 Å². The van der Waals surface area contributed by atoms with E-state index in [9.17, 15) is 13.2 Å². The number of nitrogens with zero attached hydrogens (tertiary/aromatic N) is 3. The largest absolute Gasteiger partial charge is 0.481 e. The lowest BCUT2D eigenvalue weighted by atomic mass is 10.5. The summed E-state index contributed by atoms with van der Waals surface area (Å²) in [5.74, 6) is -0.922. The highest BCUT2D eigenvalue weighted by Crippen LogP contribution is 2.06. The molecule has 1 heterocycles. The molecule has 1 aromatic rings. The summed E-state index contributed by atoms with van der Waals surface area (Å²) in [5.41, 5.74) is 0. The molecule has 0 radical (unpaired) electrons. The predicted octanol–water partition coefficient (Wildman–Crippen LogP) is -0.344. The normalized spacial score (nSPS) is 11.9. The summed E-state index contributed by atoms with van der Waals surface area (Å²) in [4.78, 5) is 14.3. The number of rotatable bonds is 6. The molecule has 0 amide bonds. The fourth-order valence-electron chi connectivity index (χ4n) is 1.22. The van der Waals surface area contributed by atoms with Gasteiger partial charge in [0.1, 0.15) is 5.82 Å². The molecule has 1 aromatic heterocycles. The van der Waals surface area contributed by atoms with Crippen LogP contribution in [0.4, 0.5) is 0 Å². The Labute approximate surface area is 99.7 Å². The molecule has 0 unspecified atom stereocenters. The summed E-state index contributed by atoms with van der Waals surface area (Å²) in [6, 6.07) is 0. The fourth-order valence-corrected chi connectivity index (χ4v) is 2.27. The zero-order chi connectivity index (χ0) is 13.1. The van der Waals surface area contributed by atoms with Gasteiger partial charge in [-0.15, -0.1) is 0 Å². The maximum Gasteiger partial charge on any atom is 0.304 e. The third-order valence-corrected chi connectivity index (χ3v) is 4.13. The topological polar surface area (TPSA) is 92.5 Å². The number of aromatic nitrogens is 2. The standard InChI is InChI=1S/C9H15N3O4S/c1-11-5-4-10-8(11)7-12(2)17(15,16)6-3-9(13)14/h4-5H,3,6-7H2,1-2H3,(H,13,14). The van der Waals surface area contributed by atoms with E-state index in [0.29, 0.717) is 5.82 Å². The Bertz CT molecular complexity index is 494. The van der Waals surface area contributed by atoms with Crippen molar-refractivity contribution in [3.8, 4) is 0 Å². The number of carbonyl (C=O) groups is 1. The first-order chi connectivity index (χ1) is 7.83. The van der Waals surface area contributed by atoms with Crippen LogP contribution >= 0.6 is 0 Å². The third-order valence-electron chi connectivity index (χ3n) is 2.33. The van der Waals surface area contributed by atoms with Gasteiger partial charge in [0, 0.05) is 26.5 Å². The van der Waals surface area contributed by atoms with Crippen molar-refractivity contribution < 1.29 is 18.3 Å². The van der Waals surface area contributed by atoms with Crippen LogP contribution in [-0.2, 0) is 28.4 Å². The minimum atomic E-state index is -3.55. The highest BCUT2D eigenvalue weighted by atomic mass is 32.2. The quantitative estimate of drug-likeness (QED) is 0.756. The maximum atomic E-state index is 11.7. The van der Waals surface area contributed by atoms with Gasteiger partial charge in [-0.3, -0.25) is 4.79 Å². The van der Waals surface area contributed by atoms with E-state index in [1.165, 1.54) is 7.05 Å². The fraction of sp³-hybridized carbons (Fsp3) is 0.556. The van der Waals surface area contributed by atoms with Crippen molar-refractivity contribution in [1.82, 2.24) is 13.9 Å². The molecular formula is C9H15N3O4S. The summed E-state index contributed by atoms with van der Waals surface area (Å²) in [6.07, 6.45) is 2.90. The van der Waals surface area contributed by atoms with E-state index >= 15 is 0 Å². The van der Waals surface area contributed by atoms with Gasteiger partial charge in [-0.1, -0.05) is 0 Å². The van der Waals surface area contributed by atoms with Crippen LogP contribution in [0, 0.1) is 0 Å². The summed E-state index contributed by atoms with van der Waals surface area (Å²) >= 11 is 0. The predicted molar refractivity (Wildman–Crippen MR) is 60.7 cm³/mol. The van der Waals surface area contributed by atoms with Crippen molar-refractivity contribution in [2.45, 2.75) is 13.0 Å². The van der Waals surface area contributed by atoms with E-state index in [-0.39, 0.29) is 6.54 Å². The van der Waals surface area contributed by atoms with Crippen molar-refractivity contribution in [3.05, 3.63) is 18.2 Å². The molecule has 17 heavy (non-hydrogen) atoms. The minimum absolute atomic E-state index is 0.130. The second-order valence-electron chi connectivity index (χ2n) is 3.67. The summed E-state index contributed by atoms with van der Waals surface area (Å²) in [7, 11) is -0.377. The summed E-state index contributed by atoms with van der Waals surface area (Å²) in [6.45, 7) is 0.130. The average Bonchev–Trinajstić information content (AvgIpc) is 2.62. The molecule has 0 fully saturated rings. The molecule has 0 saturated carbocycles. The number of carboxylic acids is 1. The van der Waals surface area contributed by atoms with Crippen LogP contribution in [0.5, 0.6) is 0 Å². The number of hydrogen-bond donors (Lipinski definition) is 1. The van der Waals surface area contributed by atoms with Crippen molar-refractivity contribution in [2.24, 2.45) is 7.05 Å². The Morgan fingerprint density at radius 2 is 2.24 bits per heavy atom. The molecule has 0 bridgehead atoms. The van der Waals surface area contributed by atoms with Crippen LogP contribution < -0.4 is 0 Å². The van der Waals surface area contributed by atoms with E-state index in [2.05, 4.69) is 4.98 Å². The first-order valence-corrected chi connectivity index (χ1v) is 6.56. The number of hydrogen-bond acceptors (Lipinski definition) is 4. The van der Waals surface area contributed by atoms with Gasteiger partial charge in [-0.2, -0.15) is 4.31 Å². The van der Waals surface area contributed by atoms with E-state index in [4.69, 9.17) is 5.11 Å². The molecule has 7 nitrogen and oxygen atoms in total. The lowest BCUT2D eigenvalue weighted by Crippen LogP contribution is -2.30. The first-order valence-electron chi connectivity index (χ1n) is 4.95. The van der Waals surface area contributed by atoms with Gasteiger partial charge in [0.05, 0.1) is 18.7 Å². The van der Waals surface area contributed by atoms with Gasteiger partial charge in [0.25, 0.3) is 0 Å². The minimum Gasteiger partial charge on any atom is -0.481 e. The van der Waals surface area contributed by atoms with Crippen LogP contribution in [-0.4, -0.2) is 46.2 Å². The molecule has 0 spiro atoms. The zero-order valence-electron chi connectivity index (χ0n) is 9.70. The number of carboxylic acid groups (broad SMARTS) is 1. The summed E-state index contributed by atoms with van der Waals surface area (Å²) in [5, 5.41) is 8.46. The number of sulfonamides is 1. The van der Waals surface area contributed by atoms with E-state index < -0.39 is 28.2 Å². The van der Waals surface area contributed by atoms with Crippen molar-refractivity contribution >= 4 is 16.0 Å². The molecule has 96 valence electrons. The van der Waals surface area contributed by atoms with Gasteiger partial charge in [-0.05, 0) is 0 Å². The molecule has 0 aromatic carbocycles. The second-order valence-corrected chi connectivity index (χ2v) is 5.87. The number of aryl methyl sites for hydroxylation is 1. The van der Waals surface area contributed by atoms with Gasteiger partial charge in [0.2, 0.25) is 10.0 Å². The monoisotopic (exact) mass is 261 g/mol. The lowest BCUT2D eigenvalue weighted by molar-refractivity contribution is -0.136. The highest BCUT2D eigenvalue weighted by Gasteiger charge is 2.20. The molecule has 1 rings (SSSR count). The Morgan fingerprint density at radius 3 is 2.71 bits per heavy atom. The smallest absolute Gasteiger partial charge is 0.304 e. The molecule has 0 aliphatic heterocycles. The maximum absolute atomic E-state index is 11.7. The Balaban J connectivity index is 2.66. The van der Waals surface area contributed by atoms with Crippen LogP contribution in [0.2, 0.25) is 0 Å². The van der Waals surface area contributed by atoms with Gasteiger partial charge in [0.15, 0.2) is 0 Å². The zero-order valence-corrected chi connectivity index (χ0v) is 10.5. The number of imidazole rings is 1. The van der Waals surface area contributed by atoms with Crippen molar-refractivity contribution in [1.29, 1.82) is 0 Å². The first kappa shape index (κ1) is 13.7. The van der Waals surface area contributed by atoms with Crippen molar-refractivity contribution in [3.63, 3.8) is 0 Å². The average molecular weight is 261 g/mol. The number of aliphatic carboxylic acids is 1. The Kier molecular flexibility index (Phi) is 4.24. The molecule has 0 aliphatic rings. The van der Waals surface area contributed by atoms with E-state index in [0.717, 1.165) is 4.31 Å². The SMILES string of the molecule is CN(Cc1nccn1C)S(=O)(=O)CCC(=O)O. The molecule has 1 N–H and O–H groups in total. The third kappa shape index (κ3) is 3.82. The molecule has 0 aliphatic carbocycles. The van der Waals surface area contributed by atoms with Crippen LogP contribution in [0.15, 0.2) is 12.4 Å². The van der Waals surface area contributed by atoms with E-state index in [1.54, 1.807) is 24.0 Å². The summed E-state index contributed by atoms with van der Waals surface area (Å²) < 4.78 is 26.2. The highest BCUT2D eigenvalue weighted by molar-refractivity contribution is 7.89. The lowest BCUT2D eigenvalue weighted by Gasteiger charge is -2.16. The van der Waals surface area contributed by atoms with Crippen LogP contribution in [0.1, 0.15) is 12.2 Å². The second kappa shape index (κ2) is 5.28. The van der Waals surface area contributed by atoms with E-state index in [1.807, 2.05) is 0 Å². The molecule has 8 heteroatoms. The Morgan fingerprint density at radius 1 is 1.59 bits per heavy atom. The Hall–Kier alpha value is -1.41. The van der Waals surface area contributed by atoms with Gasteiger partial charge in [-0.25, -0.2) is 13.4 Å². The van der Waals surface area contributed by atoms with Gasteiger partial charge >= 0.3 is 5.97 Å². The molecular weight excluding hydrogens is 246 g/mol. The molecule has 0 atom stereocenters. The molecule has 0 saturated heterocycles. The van der Waals surface area contributed by atoms with Crippen LogP contribution in [0.3, 0.4) is 0 Å².